The summed E-state index contributed by atoms with van der Waals surface area (Å²) in [6.45, 7) is 2.72. The van der Waals surface area contributed by atoms with Crippen molar-refractivity contribution >= 4 is 23.6 Å². The monoisotopic (exact) mass is 357 g/mol. The van der Waals surface area contributed by atoms with Crippen LogP contribution in [-0.4, -0.2) is 77.3 Å². The third-order valence-corrected chi connectivity index (χ3v) is 5.06. The first-order chi connectivity index (χ1) is 12.6. The summed E-state index contributed by atoms with van der Waals surface area (Å²) < 4.78 is 5.27. The van der Waals surface area contributed by atoms with Gasteiger partial charge in [0.2, 0.25) is 11.8 Å². The normalized spacial score (nSPS) is 22.3. The number of hydrogen-bond donors (Lipinski definition) is 0. The van der Waals surface area contributed by atoms with Gasteiger partial charge in [0.05, 0.1) is 37.1 Å². The smallest absolute Gasteiger partial charge is 0.261 e. The molecule has 0 atom stereocenters. The minimum absolute atomic E-state index is 0.0262. The zero-order chi connectivity index (χ0) is 18.3. The lowest BCUT2D eigenvalue weighted by molar-refractivity contribution is -0.153. The summed E-state index contributed by atoms with van der Waals surface area (Å²) in [5, 5.41) is 0. The zero-order valence-corrected chi connectivity index (χ0v) is 14.2. The van der Waals surface area contributed by atoms with Gasteiger partial charge in [-0.25, -0.2) is 0 Å². The van der Waals surface area contributed by atoms with E-state index in [2.05, 4.69) is 0 Å². The van der Waals surface area contributed by atoms with Gasteiger partial charge in [-0.1, -0.05) is 12.1 Å². The molecule has 136 valence electrons. The SMILES string of the molecule is O=C1CC(N2C(=O)c3ccccc3C2=O)CC(=O)N1CN1CCOCC1. The number of carbonyl (C=O) groups is 4. The minimum atomic E-state index is -0.719. The van der Waals surface area contributed by atoms with Crippen molar-refractivity contribution in [2.45, 2.75) is 18.9 Å². The van der Waals surface area contributed by atoms with E-state index in [-0.39, 0.29) is 31.3 Å². The highest BCUT2D eigenvalue weighted by atomic mass is 16.5. The first kappa shape index (κ1) is 16.9. The van der Waals surface area contributed by atoms with E-state index in [4.69, 9.17) is 4.74 Å². The molecule has 8 heteroatoms. The van der Waals surface area contributed by atoms with E-state index >= 15 is 0 Å². The fourth-order valence-electron chi connectivity index (χ4n) is 3.66. The van der Waals surface area contributed by atoms with Crippen LogP contribution in [0.1, 0.15) is 33.6 Å². The van der Waals surface area contributed by atoms with Crippen molar-refractivity contribution in [3.05, 3.63) is 35.4 Å². The summed E-state index contributed by atoms with van der Waals surface area (Å²) >= 11 is 0. The van der Waals surface area contributed by atoms with E-state index in [0.717, 1.165) is 4.90 Å². The van der Waals surface area contributed by atoms with Crippen molar-refractivity contribution in [1.82, 2.24) is 14.7 Å². The van der Waals surface area contributed by atoms with Crippen molar-refractivity contribution in [2.75, 3.05) is 33.0 Å². The predicted molar refractivity (Wildman–Crippen MR) is 89.1 cm³/mol. The summed E-state index contributed by atoms with van der Waals surface area (Å²) in [5.41, 5.74) is 0.654. The Bertz CT molecular complexity index is 734. The first-order valence-electron chi connectivity index (χ1n) is 8.66. The van der Waals surface area contributed by atoms with Gasteiger partial charge < -0.3 is 4.74 Å². The number of benzene rings is 1. The van der Waals surface area contributed by atoms with Gasteiger partial charge in [-0.2, -0.15) is 0 Å². The van der Waals surface area contributed by atoms with Crippen LogP contribution in [-0.2, 0) is 14.3 Å². The second kappa shape index (κ2) is 6.62. The maximum atomic E-state index is 12.6. The highest BCUT2D eigenvalue weighted by Gasteiger charge is 2.45. The molecule has 2 saturated heterocycles. The first-order valence-corrected chi connectivity index (χ1v) is 8.66. The molecule has 0 aliphatic carbocycles. The zero-order valence-electron chi connectivity index (χ0n) is 14.2. The van der Waals surface area contributed by atoms with Crippen molar-refractivity contribution in [3.8, 4) is 0 Å². The van der Waals surface area contributed by atoms with Crippen molar-refractivity contribution in [1.29, 1.82) is 0 Å². The van der Waals surface area contributed by atoms with E-state index in [1.54, 1.807) is 24.3 Å². The number of ether oxygens (including phenoxy) is 1. The van der Waals surface area contributed by atoms with Crippen LogP contribution in [0.2, 0.25) is 0 Å². The molecule has 0 aromatic heterocycles. The van der Waals surface area contributed by atoms with Crippen LogP contribution in [0.15, 0.2) is 24.3 Å². The average molecular weight is 357 g/mol. The van der Waals surface area contributed by atoms with Gasteiger partial charge in [-0.05, 0) is 12.1 Å². The molecule has 1 aromatic carbocycles. The topological polar surface area (TPSA) is 87.2 Å². The van der Waals surface area contributed by atoms with E-state index in [0.29, 0.717) is 37.4 Å². The molecule has 8 nitrogen and oxygen atoms in total. The number of morpholine rings is 1. The Morgan fingerprint density at radius 1 is 0.885 bits per heavy atom. The molecule has 0 unspecified atom stereocenters. The third kappa shape index (κ3) is 2.81. The number of nitrogens with zero attached hydrogens (tertiary/aromatic N) is 3. The lowest BCUT2D eigenvalue weighted by Crippen LogP contribution is -2.55. The van der Waals surface area contributed by atoms with Crippen LogP contribution < -0.4 is 0 Å². The van der Waals surface area contributed by atoms with Crippen LogP contribution in [0.25, 0.3) is 0 Å². The number of hydrogen-bond acceptors (Lipinski definition) is 6. The molecule has 4 rings (SSSR count). The average Bonchev–Trinajstić information content (AvgIpc) is 2.90. The van der Waals surface area contributed by atoms with Gasteiger partial charge in [0, 0.05) is 25.9 Å². The summed E-state index contributed by atoms with van der Waals surface area (Å²) in [6, 6.07) is 5.84. The van der Waals surface area contributed by atoms with Crippen molar-refractivity contribution in [2.24, 2.45) is 0 Å². The molecular weight excluding hydrogens is 338 g/mol. The second-order valence-electron chi connectivity index (χ2n) is 6.68. The molecule has 0 saturated carbocycles. The molecular formula is C18H19N3O5. The third-order valence-electron chi connectivity index (χ3n) is 5.06. The van der Waals surface area contributed by atoms with Crippen LogP contribution in [0.4, 0.5) is 0 Å². The maximum Gasteiger partial charge on any atom is 0.261 e. The van der Waals surface area contributed by atoms with E-state index < -0.39 is 17.9 Å². The fourth-order valence-corrected chi connectivity index (χ4v) is 3.66. The quantitative estimate of drug-likeness (QED) is 0.713. The molecule has 0 bridgehead atoms. The Balaban J connectivity index is 1.48. The largest absolute Gasteiger partial charge is 0.379 e. The highest BCUT2D eigenvalue weighted by Crippen LogP contribution is 2.29. The lowest BCUT2D eigenvalue weighted by atomic mass is 10.0. The molecule has 0 N–H and O–H groups in total. The molecule has 26 heavy (non-hydrogen) atoms. The Kier molecular flexibility index (Phi) is 4.29. The minimum Gasteiger partial charge on any atom is -0.379 e. The summed E-state index contributed by atoms with van der Waals surface area (Å²) in [7, 11) is 0. The molecule has 0 radical (unpaired) electrons. The van der Waals surface area contributed by atoms with E-state index in [1.165, 1.54) is 4.90 Å². The number of piperidine rings is 1. The van der Waals surface area contributed by atoms with Gasteiger partial charge in [-0.3, -0.25) is 33.9 Å². The number of fused-ring (bicyclic) bond motifs is 1. The molecule has 4 amide bonds. The predicted octanol–water partition coefficient (Wildman–Crippen LogP) is 0.0899. The van der Waals surface area contributed by atoms with Crippen molar-refractivity contribution in [3.63, 3.8) is 0 Å². The molecule has 3 aliphatic heterocycles. The number of imide groups is 2. The summed E-state index contributed by atoms with van der Waals surface area (Å²) in [4.78, 5) is 54.5. The maximum absolute atomic E-state index is 12.6. The molecule has 1 aromatic rings. The van der Waals surface area contributed by atoms with Gasteiger partial charge in [-0.15, -0.1) is 0 Å². The Morgan fingerprint density at radius 2 is 1.42 bits per heavy atom. The standard InChI is InChI=1S/C18H19N3O5/c22-15-9-12(10-16(23)20(15)11-19-5-7-26-8-6-19)21-17(24)13-3-1-2-4-14(13)18(21)25/h1-4,12H,5-11H2. The van der Waals surface area contributed by atoms with Crippen molar-refractivity contribution < 1.29 is 23.9 Å². The summed E-state index contributed by atoms with van der Waals surface area (Å²) in [5.74, 6) is -1.57. The lowest BCUT2D eigenvalue weighted by Gasteiger charge is -2.37. The number of rotatable bonds is 3. The number of amides is 4. The van der Waals surface area contributed by atoms with E-state index in [9.17, 15) is 19.2 Å². The molecule has 3 heterocycles. The number of carbonyl (C=O) groups excluding carboxylic acids is 4. The Hall–Kier alpha value is -2.58. The van der Waals surface area contributed by atoms with Crippen LogP contribution in [0, 0.1) is 0 Å². The van der Waals surface area contributed by atoms with Crippen LogP contribution in [0.3, 0.4) is 0 Å². The fraction of sp³-hybridized carbons (Fsp3) is 0.444. The van der Waals surface area contributed by atoms with Crippen LogP contribution >= 0.6 is 0 Å². The second-order valence-corrected chi connectivity index (χ2v) is 6.68. The highest BCUT2D eigenvalue weighted by molar-refractivity contribution is 6.22. The van der Waals surface area contributed by atoms with Gasteiger partial charge in [0.1, 0.15) is 0 Å². The summed E-state index contributed by atoms with van der Waals surface area (Å²) in [6.07, 6.45) is -0.0525. The molecule has 0 spiro atoms. The molecule has 2 fully saturated rings. The molecule has 3 aliphatic rings. The Morgan fingerprint density at radius 3 is 1.96 bits per heavy atom. The van der Waals surface area contributed by atoms with Crippen LogP contribution in [0.5, 0.6) is 0 Å². The van der Waals surface area contributed by atoms with Gasteiger partial charge >= 0.3 is 0 Å². The Labute approximate surface area is 150 Å². The van der Waals surface area contributed by atoms with E-state index in [1.807, 2.05) is 4.90 Å². The van der Waals surface area contributed by atoms with Gasteiger partial charge in [0.25, 0.3) is 11.8 Å². The number of likely N-dealkylation sites (tertiary alicyclic amines) is 1. The van der Waals surface area contributed by atoms with Gasteiger partial charge in [0.15, 0.2) is 0 Å².